The maximum absolute atomic E-state index is 14.0. The van der Waals surface area contributed by atoms with Crippen LogP contribution in [0.3, 0.4) is 0 Å². The highest BCUT2D eigenvalue weighted by atomic mass is 35.5. The van der Waals surface area contributed by atoms with Crippen molar-refractivity contribution < 1.29 is 18.3 Å². The van der Waals surface area contributed by atoms with Crippen molar-refractivity contribution >= 4 is 49.1 Å². The molecular weight excluding hydrogens is 508 g/mol. The van der Waals surface area contributed by atoms with E-state index in [0.29, 0.717) is 5.69 Å². The Morgan fingerprint density at radius 3 is 2.11 bits per heavy atom. The number of aliphatic hydroxyl groups excluding tert-OH is 1. The number of aromatic nitrogens is 1. The normalized spacial score (nSPS) is 12.6. The molecule has 4 aromatic carbocycles. The van der Waals surface area contributed by atoms with Crippen molar-refractivity contribution in [3.63, 3.8) is 0 Å². The monoisotopic (exact) mass is 534 g/mol. The molecule has 6 nitrogen and oxygen atoms in total. The van der Waals surface area contributed by atoms with E-state index < -0.39 is 16.1 Å². The number of hydrogen-bond acceptors (Lipinski definition) is 4. The van der Waals surface area contributed by atoms with Gasteiger partial charge in [0.2, 0.25) is 0 Å². The third-order valence-corrected chi connectivity index (χ3v) is 8.52. The first-order valence-electron chi connectivity index (χ1n) is 11.9. The summed E-state index contributed by atoms with van der Waals surface area (Å²) in [5, 5.41) is 13.8. The quantitative estimate of drug-likeness (QED) is 0.264. The third-order valence-electron chi connectivity index (χ3n) is 6.47. The predicted molar refractivity (Wildman–Crippen MR) is 149 cm³/mol. The summed E-state index contributed by atoms with van der Waals surface area (Å²) in [7, 11) is -2.72. The summed E-state index contributed by atoms with van der Waals surface area (Å²) < 4.78 is 36.6. The average molecular weight is 535 g/mol. The number of anilines is 1. The number of methoxy groups -OCH3 is 1. The molecule has 37 heavy (non-hydrogen) atoms. The summed E-state index contributed by atoms with van der Waals surface area (Å²) in [6.45, 7) is 1.97. The number of para-hydroxylation sites is 2. The zero-order valence-corrected chi connectivity index (χ0v) is 22.1. The Morgan fingerprint density at radius 1 is 0.919 bits per heavy atom. The van der Waals surface area contributed by atoms with Crippen molar-refractivity contribution in [2.45, 2.75) is 24.5 Å². The molecule has 0 aliphatic carbocycles. The number of halogens is 1. The summed E-state index contributed by atoms with van der Waals surface area (Å²) in [6.07, 6.45) is -1.01. The maximum atomic E-state index is 14.0. The van der Waals surface area contributed by atoms with E-state index in [4.69, 9.17) is 16.3 Å². The fraction of sp³-hybridized carbons (Fsp3) is 0.172. The third kappa shape index (κ3) is 4.78. The summed E-state index contributed by atoms with van der Waals surface area (Å²) in [6, 6.07) is 27.6. The molecule has 0 aliphatic rings. The van der Waals surface area contributed by atoms with Crippen LogP contribution in [-0.4, -0.2) is 37.8 Å². The van der Waals surface area contributed by atoms with Gasteiger partial charge >= 0.3 is 0 Å². The Labute approximate surface area is 221 Å². The average Bonchev–Trinajstić information content (AvgIpc) is 3.21. The topological polar surface area (TPSA) is 71.8 Å². The SMILES string of the molecule is COc1ccc(Cl)cc1S(=O)(=O)N(CC(O)Cn1c2ccccc2c2ccccc21)c1ccc(C)cc1. The molecule has 1 N–H and O–H groups in total. The molecule has 1 heterocycles. The van der Waals surface area contributed by atoms with Gasteiger partial charge in [0.25, 0.3) is 10.0 Å². The number of hydrogen-bond donors (Lipinski definition) is 1. The van der Waals surface area contributed by atoms with E-state index >= 15 is 0 Å². The number of aliphatic hydroxyl groups is 1. The minimum atomic E-state index is -4.14. The second-order valence-electron chi connectivity index (χ2n) is 8.97. The lowest BCUT2D eigenvalue weighted by Crippen LogP contribution is -2.39. The Balaban J connectivity index is 1.56. The van der Waals surface area contributed by atoms with Gasteiger partial charge in [0.05, 0.1) is 32.0 Å². The van der Waals surface area contributed by atoms with Crippen molar-refractivity contribution in [2.24, 2.45) is 0 Å². The van der Waals surface area contributed by atoms with Gasteiger partial charge in [-0.1, -0.05) is 65.7 Å². The first-order valence-corrected chi connectivity index (χ1v) is 13.7. The largest absolute Gasteiger partial charge is 0.495 e. The van der Waals surface area contributed by atoms with Crippen LogP contribution in [0.4, 0.5) is 5.69 Å². The van der Waals surface area contributed by atoms with Crippen LogP contribution < -0.4 is 9.04 Å². The number of nitrogens with zero attached hydrogens (tertiary/aromatic N) is 2. The molecule has 0 spiro atoms. The van der Waals surface area contributed by atoms with Crippen LogP contribution in [0.25, 0.3) is 21.8 Å². The molecule has 1 aromatic heterocycles. The second kappa shape index (κ2) is 10.1. The zero-order valence-electron chi connectivity index (χ0n) is 20.5. The summed E-state index contributed by atoms with van der Waals surface area (Å²) in [5.41, 5.74) is 3.38. The highest BCUT2D eigenvalue weighted by Crippen LogP contribution is 2.33. The van der Waals surface area contributed by atoms with E-state index in [2.05, 4.69) is 12.1 Å². The van der Waals surface area contributed by atoms with Gasteiger partial charge in [0.15, 0.2) is 0 Å². The molecule has 0 radical (unpaired) electrons. The van der Waals surface area contributed by atoms with Gasteiger partial charge in [-0.25, -0.2) is 8.42 Å². The van der Waals surface area contributed by atoms with Gasteiger partial charge < -0.3 is 14.4 Å². The molecule has 0 saturated carbocycles. The molecule has 190 valence electrons. The lowest BCUT2D eigenvalue weighted by Gasteiger charge is -2.28. The molecule has 0 saturated heterocycles. The molecule has 0 aliphatic heterocycles. The van der Waals surface area contributed by atoms with Gasteiger partial charge in [-0.05, 0) is 49.4 Å². The number of benzene rings is 4. The molecule has 0 fully saturated rings. The number of fused-ring (bicyclic) bond motifs is 3. The number of sulfonamides is 1. The molecular formula is C29H27ClN2O4S. The van der Waals surface area contributed by atoms with Crippen molar-refractivity contribution in [2.75, 3.05) is 18.0 Å². The van der Waals surface area contributed by atoms with E-state index in [1.807, 2.05) is 60.0 Å². The van der Waals surface area contributed by atoms with Crippen LogP contribution >= 0.6 is 11.6 Å². The number of aryl methyl sites for hydroxylation is 1. The lowest BCUT2D eigenvalue weighted by molar-refractivity contribution is 0.166. The number of rotatable bonds is 8. The molecule has 8 heteroatoms. The molecule has 0 bridgehead atoms. The Bertz CT molecular complexity index is 1630. The Hall–Kier alpha value is -3.52. The van der Waals surface area contributed by atoms with Crippen molar-refractivity contribution in [3.05, 3.63) is 102 Å². The van der Waals surface area contributed by atoms with Crippen molar-refractivity contribution in [3.8, 4) is 5.75 Å². The first-order chi connectivity index (χ1) is 17.8. The van der Waals surface area contributed by atoms with E-state index in [0.717, 1.165) is 27.4 Å². The van der Waals surface area contributed by atoms with E-state index in [-0.39, 0.29) is 28.8 Å². The van der Waals surface area contributed by atoms with Gasteiger partial charge in [0, 0.05) is 26.8 Å². The van der Waals surface area contributed by atoms with Crippen LogP contribution in [0.15, 0.2) is 95.9 Å². The summed E-state index contributed by atoms with van der Waals surface area (Å²) in [5.74, 6) is 0.179. The van der Waals surface area contributed by atoms with Crippen molar-refractivity contribution in [1.82, 2.24) is 4.57 Å². The van der Waals surface area contributed by atoms with Crippen LogP contribution in [0.1, 0.15) is 5.56 Å². The van der Waals surface area contributed by atoms with E-state index in [1.165, 1.54) is 23.5 Å². The fourth-order valence-corrected chi connectivity index (χ4v) is 6.61. The van der Waals surface area contributed by atoms with Crippen LogP contribution in [0, 0.1) is 6.92 Å². The van der Waals surface area contributed by atoms with Gasteiger partial charge in [-0.15, -0.1) is 0 Å². The van der Waals surface area contributed by atoms with Gasteiger partial charge in [-0.3, -0.25) is 4.31 Å². The minimum Gasteiger partial charge on any atom is -0.495 e. The maximum Gasteiger partial charge on any atom is 0.268 e. The Kier molecular flexibility index (Phi) is 6.86. The minimum absolute atomic E-state index is 0.0628. The molecule has 5 rings (SSSR count). The first kappa shape index (κ1) is 25.1. The van der Waals surface area contributed by atoms with Crippen LogP contribution in [-0.2, 0) is 16.6 Å². The van der Waals surface area contributed by atoms with E-state index in [9.17, 15) is 13.5 Å². The molecule has 1 unspecified atom stereocenters. The van der Waals surface area contributed by atoms with Gasteiger partial charge in [0.1, 0.15) is 10.6 Å². The molecule has 5 aromatic rings. The van der Waals surface area contributed by atoms with Crippen LogP contribution in [0.2, 0.25) is 5.02 Å². The second-order valence-corrected chi connectivity index (χ2v) is 11.2. The zero-order chi connectivity index (χ0) is 26.2. The summed E-state index contributed by atoms with van der Waals surface area (Å²) in [4.78, 5) is -0.0628. The standard InChI is InChI=1S/C29H27ClN2O4S/c1-20-11-14-22(15-12-20)32(37(34,35)29-17-21(30)13-16-28(29)36-2)19-23(33)18-31-26-9-5-3-7-24(26)25-8-4-6-10-27(25)31/h3-17,23,33H,18-19H2,1-2H3. The molecule has 0 amide bonds. The highest BCUT2D eigenvalue weighted by molar-refractivity contribution is 7.93. The summed E-state index contributed by atoms with van der Waals surface area (Å²) >= 11 is 6.17. The smallest absolute Gasteiger partial charge is 0.268 e. The highest BCUT2D eigenvalue weighted by Gasteiger charge is 2.30. The number of ether oxygens (including phenoxy) is 1. The molecule has 1 atom stereocenters. The lowest BCUT2D eigenvalue weighted by atomic mass is 10.2. The fourth-order valence-electron chi connectivity index (χ4n) is 4.68. The Morgan fingerprint density at radius 2 is 1.51 bits per heavy atom. The van der Waals surface area contributed by atoms with E-state index in [1.54, 1.807) is 18.2 Å². The van der Waals surface area contributed by atoms with Crippen molar-refractivity contribution in [1.29, 1.82) is 0 Å². The van der Waals surface area contributed by atoms with Gasteiger partial charge in [-0.2, -0.15) is 0 Å². The predicted octanol–water partition coefficient (Wildman–Crippen LogP) is 6.02. The van der Waals surface area contributed by atoms with Crippen LogP contribution in [0.5, 0.6) is 5.75 Å².